The van der Waals surface area contributed by atoms with Crippen molar-refractivity contribution in [2.45, 2.75) is 63.5 Å². The summed E-state index contributed by atoms with van der Waals surface area (Å²) in [6.45, 7) is 7.14. The van der Waals surface area contributed by atoms with E-state index in [0.717, 1.165) is 25.7 Å². The predicted octanol–water partition coefficient (Wildman–Crippen LogP) is 3.46. The molecule has 0 atom stereocenters. The van der Waals surface area contributed by atoms with Gasteiger partial charge >= 0.3 is 0 Å². The first-order valence-electron chi connectivity index (χ1n) is 7.40. The van der Waals surface area contributed by atoms with Gasteiger partial charge in [0.2, 0.25) is 0 Å². The predicted molar refractivity (Wildman–Crippen MR) is 80.4 cm³/mol. The van der Waals surface area contributed by atoms with E-state index >= 15 is 0 Å². The van der Waals surface area contributed by atoms with E-state index in [1.807, 2.05) is 0 Å². The largest absolute Gasteiger partial charge is 0.389 e. The molecule has 1 aromatic rings. The van der Waals surface area contributed by atoms with E-state index in [2.05, 4.69) is 56.4 Å². The van der Waals surface area contributed by atoms with E-state index in [0.29, 0.717) is 12.5 Å². The van der Waals surface area contributed by atoms with Crippen LogP contribution >= 0.6 is 0 Å². The molecular weight excluding hydrogens is 234 g/mol. The van der Waals surface area contributed by atoms with E-state index in [1.165, 1.54) is 5.56 Å². The van der Waals surface area contributed by atoms with Gasteiger partial charge in [0.25, 0.3) is 0 Å². The first kappa shape index (κ1) is 14.5. The van der Waals surface area contributed by atoms with Gasteiger partial charge in [0.1, 0.15) is 0 Å². The maximum absolute atomic E-state index is 10.6. The number of hydrogen-bond donors (Lipinski definition) is 2. The van der Waals surface area contributed by atoms with Gasteiger partial charge in [-0.1, -0.05) is 30.3 Å². The third kappa shape index (κ3) is 4.32. The average Bonchev–Trinajstić information content (AvgIpc) is 2.38. The monoisotopic (exact) mass is 261 g/mol. The van der Waals surface area contributed by atoms with Gasteiger partial charge in [-0.3, -0.25) is 0 Å². The molecule has 19 heavy (non-hydrogen) atoms. The second kappa shape index (κ2) is 5.64. The number of aliphatic hydroxyl groups is 1. The highest BCUT2D eigenvalue weighted by Gasteiger charge is 2.34. The van der Waals surface area contributed by atoms with Gasteiger partial charge in [-0.15, -0.1) is 0 Å². The maximum Gasteiger partial charge on any atom is 0.0772 e. The van der Waals surface area contributed by atoms with Gasteiger partial charge < -0.3 is 10.4 Å². The highest BCUT2D eigenvalue weighted by atomic mass is 16.3. The molecule has 2 N–H and O–H groups in total. The van der Waals surface area contributed by atoms with Crippen molar-refractivity contribution in [2.75, 3.05) is 6.54 Å². The molecule has 0 heterocycles. The molecular formula is C17H27NO. The van der Waals surface area contributed by atoms with Crippen LogP contribution in [0, 0.1) is 0 Å². The quantitative estimate of drug-likeness (QED) is 0.873. The maximum atomic E-state index is 10.6. The fourth-order valence-corrected chi connectivity index (χ4v) is 2.82. The third-order valence-corrected chi connectivity index (χ3v) is 4.14. The van der Waals surface area contributed by atoms with Gasteiger partial charge in [-0.25, -0.2) is 0 Å². The van der Waals surface area contributed by atoms with Crippen molar-refractivity contribution in [1.29, 1.82) is 0 Å². The van der Waals surface area contributed by atoms with Crippen LogP contribution in [0.1, 0.15) is 57.9 Å². The summed E-state index contributed by atoms with van der Waals surface area (Å²) >= 11 is 0. The lowest BCUT2D eigenvalue weighted by molar-refractivity contribution is -0.00458. The van der Waals surface area contributed by atoms with Crippen LogP contribution in [-0.2, 0) is 0 Å². The summed E-state index contributed by atoms with van der Waals surface area (Å²) in [5.74, 6) is 0.621. The molecule has 1 aromatic carbocycles. The van der Waals surface area contributed by atoms with E-state index < -0.39 is 5.60 Å². The zero-order valence-electron chi connectivity index (χ0n) is 12.4. The van der Waals surface area contributed by atoms with E-state index in [1.54, 1.807) is 0 Å². The Kier molecular flexibility index (Phi) is 4.32. The Hall–Kier alpha value is -0.860. The lowest BCUT2D eigenvalue weighted by Crippen LogP contribution is -2.49. The second-order valence-electron chi connectivity index (χ2n) is 7.01. The van der Waals surface area contributed by atoms with Crippen LogP contribution < -0.4 is 5.32 Å². The lowest BCUT2D eigenvalue weighted by Gasteiger charge is -2.38. The molecule has 0 spiro atoms. The average molecular weight is 261 g/mol. The van der Waals surface area contributed by atoms with Crippen molar-refractivity contribution in [3.8, 4) is 0 Å². The molecule has 0 bridgehead atoms. The minimum atomic E-state index is -0.515. The summed E-state index contributed by atoms with van der Waals surface area (Å²) in [5, 5.41) is 14.1. The SMILES string of the molecule is CC(C)(C)NCC1(O)CCC(c2ccccc2)CC1. The molecule has 2 nitrogen and oxygen atoms in total. The molecule has 0 radical (unpaired) electrons. The van der Waals surface area contributed by atoms with Crippen LogP contribution in [0.25, 0.3) is 0 Å². The van der Waals surface area contributed by atoms with Gasteiger partial charge in [-0.2, -0.15) is 0 Å². The lowest BCUT2D eigenvalue weighted by atomic mass is 9.76. The second-order valence-corrected chi connectivity index (χ2v) is 7.01. The summed E-state index contributed by atoms with van der Waals surface area (Å²) in [4.78, 5) is 0. The van der Waals surface area contributed by atoms with Crippen molar-refractivity contribution >= 4 is 0 Å². The first-order chi connectivity index (χ1) is 8.88. The van der Waals surface area contributed by atoms with Gasteiger partial charge in [0.05, 0.1) is 5.60 Å². The summed E-state index contributed by atoms with van der Waals surface area (Å²) < 4.78 is 0. The summed E-state index contributed by atoms with van der Waals surface area (Å²) in [5.41, 5.74) is 0.984. The van der Waals surface area contributed by atoms with Crippen LogP contribution in [-0.4, -0.2) is 22.8 Å². The Bertz CT molecular complexity index is 385. The van der Waals surface area contributed by atoms with Crippen molar-refractivity contribution in [3.05, 3.63) is 35.9 Å². The molecule has 1 aliphatic carbocycles. The Labute approximate surface area is 117 Å². The first-order valence-corrected chi connectivity index (χ1v) is 7.40. The number of nitrogens with one attached hydrogen (secondary N) is 1. The van der Waals surface area contributed by atoms with Crippen molar-refractivity contribution in [1.82, 2.24) is 5.32 Å². The van der Waals surface area contributed by atoms with Gasteiger partial charge in [0.15, 0.2) is 0 Å². The minimum absolute atomic E-state index is 0.0754. The third-order valence-electron chi connectivity index (χ3n) is 4.14. The molecule has 2 rings (SSSR count). The van der Waals surface area contributed by atoms with E-state index in [9.17, 15) is 5.11 Å². The summed E-state index contributed by atoms with van der Waals surface area (Å²) in [6, 6.07) is 10.7. The number of β-amino-alcohol motifs (C(OH)–C–C–N with tert-alkyl or cyclic N) is 1. The van der Waals surface area contributed by atoms with Crippen molar-refractivity contribution < 1.29 is 5.11 Å². The zero-order valence-corrected chi connectivity index (χ0v) is 12.4. The van der Waals surface area contributed by atoms with Crippen molar-refractivity contribution in [2.24, 2.45) is 0 Å². The Morgan fingerprint density at radius 2 is 1.74 bits per heavy atom. The van der Waals surface area contributed by atoms with Crippen LogP contribution in [0.4, 0.5) is 0 Å². The molecule has 0 amide bonds. The molecule has 0 saturated heterocycles. The number of benzene rings is 1. The van der Waals surface area contributed by atoms with E-state index in [4.69, 9.17) is 0 Å². The van der Waals surface area contributed by atoms with Crippen LogP contribution in [0.2, 0.25) is 0 Å². The Morgan fingerprint density at radius 3 is 2.26 bits per heavy atom. The molecule has 0 aliphatic heterocycles. The number of hydrogen-bond acceptors (Lipinski definition) is 2. The summed E-state index contributed by atoms with van der Waals surface area (Å²) in [6.07, 6.45) is 3.98. The van der Waals surface area contributed by atoms with Gasteiger partial charge in [0, 0.05) is 12.1 Å². The molecule has 106 valence electrons. The molecule has 0 unspecified atom stereocenters. The van der Waals surface area contributed by atoms with Crippen LogP contribution in [0.3, 0.4) is 0 Å². The Balaban J connectivity index is 1.88. The molecule has 1 saturated carbocycles. The summed E-state index contributed by atoms with van der Waals surface area (Å²) in [7, 11) is 0. The standard InChI is InChI=1S/C17H27NO/c1-16(2,3)18-13-17(19)11-9-15(10-12-17)14-7-5-4-6-8-14/h4-8,15,18-19H,9-13H2,1-3H3. The van der Waals surface area contributed by atoms with Crippen LogP contribution in [0.5, 0.6) is 0 Å². The fraction of sp³-hybridized carbons (Fsp3) is 0.647. The Morgan fingerprint density at radius 1 is 1.16 bits per heavy atom. The zero-order chi connectivity index (χ0) is 13.9. The highest BCUT2D eigenvalue weighted by molar-refractivity contribution is 5.20. The highest BCUT2D eigenvalue weighted by Crippen LogP contribution is 2.37. The normalized spacial score (nSPS) is 28.3. The fourth-order valence-electron chi connectivity index (χ4n) is 2.82. The number of rotatable bonds is 3. The van der Waals surface area contributed by atoms with E-state index in [-0.39, 0.29) is 5.54 Å². The minimum Gasteiger partial charge on any atom is -0.389 e. The van der Waals surface area contributed by atoms with Crippen LogP contribution in [0.15, 0.2) is 30.3 Å². The van der Waals surface area contributed by atoms with Gasteiger partial charge in [-0.05, 0) is 57.9 Å². The molecule has 1 aliphatic rings. The topological polar surface area (TPSA) is 32.3 Å². The molecule has 2 heteroatoms. The smallest absolute Gasteiger partial charge is 0.0772 e. The molecule has 0 aromatic heterocycles. The molecule has 1 fully saturated rings. The van der Waals surface area contributed by atoms with Crippen molar-refractivity contribution in [3.63, 3.8) is 0 Å².